The van der Waals surface area contributed by atoms with Gasteiger partial charge < -0.3 is 9.67 Å². The van der Waals surface area contributed by atoms with Crippen LogP contribution in [0.4, 0.5) is 0 Å². The van der Waals surface area contributed by atoms with Crippen LogP contribution in [0.25, 0.3) is 0 Å². The molecule has 0 amide bonds. The van der Waals surface area contributed by atoms with Gasteiger partial charge in [0.2, 0.25) is 10.0 Å². The number of aliphatic hydroxyl groups is 1. The lowest BCUT2D eigenvalue weighted by molar-refractivity contribution is 0.268. The molecular formula is C14H26N2O3S2. The van der Waals surface area contributed by atoms with Gasteiger partial charge in [0.05, 0.1) is 11.5 Å². The lowest BCUT2D eigenvalue weighted by atomic mass is 10.3. The highest BCUT2D eigenvalue weighted by Crippen LogP contribution is 2.19. The standard InChI is InChI=1S/C14H26N2O3S2/c1-5-20-7-6-12(4)15-21(18,19)14-8-13(10-17)16(9-14)11(2)3/h8-9,11-12,15,17H,5-7,10H2,1-4H3. The van der Waals surface area contributed by atoms with E-state index in [0.29, 0.717) is 5.69 Å². The average molecular weight is 335 g/mol. The molecule has 0 spiro atoms. The Kier molecular flexibility index (Phi) is 7.26. The minimum Gasteiger partial charge on any atom is -0.390 e. The van der Waals surface area contributed by atoms with E-state index in [4.69, 9.17) is 0 Å². The molecule has 5 nitrogen and oxygen atoms in total. The van der Waals surface area contributed by atoms with Crippen molar-refractivity contribution in [2.24, 2.45) is 0 Å². The van der Waals surface area contributed by atoms with Gasteiger partial charge in [-0.1, -0.05) is 6.92 Å². The molecule has 1 rings (SSSR count). The molecule has 1 unspecified atom stereocenters. The van der Waals surface area contributed by atoms with Crippen LogP contribution in [0.15, 0.2) is 17.2 Å². The van der Waals surface area contributed by atoms with Crippen LogP contribution in [0.1, 0.15) is 45.9 Å². The summed E-state index contributed by atoms with van der Waals surface area (Å²) >= 11 is 1.80. The van der Waals surface area contributed by atoms with E-state index < -0.39 is 10.0 Å². The van der Waals surface area contributed by atoms with Crippen molar-refractivity contribution in [3.05, 3.63) is 18.0 Å². The summed E-state index contributed by atoms with van der Waals surface area (Å²) in [5.74, 6) is 1.98. The van der Waals surface area contributed by atoms with Crippen LogP contribution >= 0.6 is 11.8 Å². The van der Waals surface area contributed by atoms with Gasteiger partial charge in [-0.15, -0.1) is 0 Å². The van der Waals surface area contributed by atoms with Gasteiger partial charge in [0, 0.05) is 24.0 Å². The fraction of sp³-hybridized carbons (Fsp3) is 0.714. The highest BCUT2D eigenvalue weighted by molar-refractivity contribution is 7.99. The number of hydrogen-bond donors (Lipinski definition) is 2. The van der Waals surface area contributed by atoms with Gasteiger partial charge in [0.15, 0.2) is 0 Å². The molecule has 0 saturated carbocycles. The van der Waals surface area contributed by atoms with Crippen LogP contribution in [0, 0.1) is 0 Å². The molecule has 0 bridgehead atoms. The van der Waals surface area contributed by atoms with E-state index in [2.05, 4.69) is 11.6 Å². The lowest BCUT2D eigenvalue weighted by Gasteiger charge is -2.13. The Labute approximate surface area is 132 Å². The summed E-state index contributed by atoms with van der Waals surface area (Å²) in [5, 5.41) is 9.33. The van der Waals surface area contributed by atoms with Gasteiger partial charge in [0.1, 0.15) is 0 Å². The summed E-state index contributed by atoms with van der Waals surface area (Å²) in [6.45, 7) is 7.70. The second-order valence-electron chi connectivity index (χ2n) is 5.33. The fourth-order valence-electron chi connectivity index (χ4n) is 2.05. The number of hydrogen-bond acceptors (Lipinski definition) is 4. The molecule has 1 atom stereocenters. The first-order valence-electron chi connectivity index (χ1n) is 7.23. The molecule has 0 aliphatic carbocycles. The van der Waals surface area contributed by atoms with Crippen LogP contribution < -0.4 is 4.72 Å². The van der Waals surface area contributed by atoms with Crippen LogP contribution in [0.2, 0.25) is 0 Å². The summed E-state index contributed by atoms with van der Waals surface area (Å²) in [7, 11) is -3.53. The Bertz CT molecular complexity index is 538. The van der Waals surface area contributed by atoms with Crippen LogP contribution in [0.3, 0.4) is 0 Å². The molecular weight excluding hydrogens is 308 g/mol. The molecule has 0 aliphatic heterocycles. The van der Waals surface area contributed by atoms with Crippen LogP contribution in [0.5, 0.6) is 0 Å². The first-order valence-corrected chi connectivity index (χ1v) is 9.87. The largest absolute Gasteiger partial charge is 0.390 e. The third-order valence-electron chi connectivity index (χ3n) is 3.19. The topological polar surface area (TPSA) is 71.3 Å². The monoisotopic (exact) mass is 334 g/mol. The van der Waals surface area contributed by atoms with Crippen LogP contribution in [-0.4, -0.2) is 35.6 Å². The first kappa shape index (κ1) is 18.5. The maximum atomic E-state index is 12.4. The predicted molar refractivity (Wildman–Crippen MR) is 88.1 cm³/mol. The zero-order chi connectivity index (χ0) is 16.0. The maximum Gasteiger partial charge on any atom is 0.242 e. The van der Waals surface area contributed by atoms with Crippen molar-refractivity contribution in [1.82, 2.24) is 9.29 Å². The third kappa shape index (κ3) is 5.32. The van der Waals surface area contributed by atoms with E-state index >= 15 is 0 Å². The molecule has 21 heavy (non-hydrogen) atoms. The van der Waals surface area contributed by atoms with E-state index in [-0.39, 0.29) is 23.6 Å². The highest BCUT2D eigenvalue weighted by Gasteiger charge is 2.21. The molecule has 122 valence electrons. The molecule has 1 heterocycles. The van der Waals surface area contributed by atoms with Crippen molar-refractivity contribution in [3.63, 3.8) is 0 Å². The molecule has 0 saturated heterocycles. The number of aromatic nitrogens is 1. The summed E-state index contributed by atoms with van der Waals surface area (Å²) in [6.07, 6.45) is 2.39. The lowest BCUT2D eigenvalue weighted by Crippen LogP contribution is -2.32. The van der Waals surface area contributed by atoms with Gasteiger partial charge in [-0.3, -0.25) is 0 Å². The number of rotatable bonds is 9. The predicted octanol–water partition coefficient (Wildman–Crippen LogP) is 2.37. The van der Waals surface area contributed by atoms with Crippen molar-refractivity contribution >= 4 is 21.8 Å². The molecule has 1 aromatic rings. The summed E-state index contributed by atoms with van der Waals surface area (Å²) < 4.78 is 29.2. The molecule has 0 aliphatic rings. The highest BCUT2D eigenvalue weighted by atomic mass is 32.2. The second-order valence-corrected chi connectivity index (χ2v) is 8.44. The van der Waals surface area contributed by atoms with E-state index in [1.807, 2.05) is 20.8 Å². The van der Waals surface area contributed by atoms with Crippen molar-refractivity contribution < 1.29 is 13.5 Å². The molecule has 0 radical (unpaired) electrons. The normalized spacial score (nSPS) is 13.8. The molecule has 2 N–H and O–H groups in total. The Morgan fingerprint density at radius 2 is 2.05 bits per heavy atom. The number of aliphatic hydroxyl groups excluding tert-OH is 1. The Balaban J connectivity index is 2.83. The van der Waals surface area contributed by atoms with Crippen molar-refractivity contribution in [2.75, 3.05) is 11.5 Å². The number of thioether (sulfide) groups is 1. The van der Waals surface area contributed by atoms with Crippen molar-refractivity contribution in [1.29, 1.82) is 0 Å². The maximum absolute atomic E-state index is 12.4. The molecule has 0 fully saturated rings. The van der Waals surface area contributed by atoms with E-state index in [1.165, 1.54) is 6.07 Å². The molecule has 7 heteroatoms. The van der Waals surface area contributed by atoms with Gasteiger partial charge >= 0.3 is 0 Å². The van der Waals surface area contributed by atoms with E-state index in [1.54, 1.807) is 22.5 Å². The fourth-order valence-corrected chi connectivity index (χ4v) is 4.18. The SMILES string of the molecule is CCSCCC(C)NS(=O)(=O)c1cc(CO)n(C(C)C)c1. The number of sulfonamides is 1. The van der Waals surface area contributed by atoms with E-state index in [9.17, 15) is 13.5 Å². The Morgan fingerprint density at radius 1 is 1.38 bits per heavy atom. The molecule has 1 aromatic heterocycles. The minimum absolute atomic E-state index is 0.103. The average Bonchev–Trinajstić information content (AvgIpc) is 2.83. The summed E-state index contributed by atoms with van der Waals surface area (Å²) in [5.41, 5.74) is 0.611. The number of nitrogens with zero attached hydrogens (tertiary/aromatic N) is 1. The van der Waals surface area contributed by atoms with Crippen molar-refractivity contribution in [2.45, 2.75) is 57.7 Å². The first-order chi connectivity index (χ1) is 9.81. The second kappa shape index (κ2) is 8.22. The van der Waals surface area contributed by atoms with Gasteiger partial charge in [-0.2, -0.15) is 11.8 Å². The summed E-state index contributed by atoms with van der Waals surface area (Å²) in [6, 6.07) is 1.54. The third-order valence-corrected chi connectivity index (χ3v) is 5.68. The number of nitrogens with one attached hydrogen (secondary N) is 1. The quantitative estimate of drug-likeness (QED) is 0.680. The minimum atomic E-state index is -3.53. The van der Waals surface area contributed by atoms with Gasteiger partial charge in [0.25, 0.3) is 0 Å². The molecule has 0 aromatic carbocycles. The van der Waals surface area contributed by atoms with Gasteiger partial charge in [-0.05, 0) is 44.8 Å². The van der Waals surface area contributed by atoms with Gasteiger partial charge in [-0.25, -0.2) is 13.1 Å². The Morgan fingerprint density at radius 3 is 2.52 bits per heavy atom. The van der Waals surface area contributed by atoms with Crippen LogP contribution in [-0.2, 0) is 16.6 Å². The van der Waals surface area contributed by atoms with Crippen molar-refractivity contribution in [3.8, 4) is 0 Å². The zero-order valence-corrected chi connectivity index (χ0v) is 14.8. The van der Waals surface area contributed by atoms with E-state index in [0.717, 1.165) is 17.9 Å². The summed E-state index contributed by atoms with van der Waals surface area (Å²) in [4.78, 5) is 0.218. The Hall–Kier alpha value is -0.500. The smallest absolute Gasteiger partial charge is 0.242 e. The zero-order valence-electron chi connectivity index (χ0n) is 13.2.